The summed E-state index contributed by atoms with van der Waals surface area (Å²) in [7, 11) is 0. The van der Waals surface area contributed by atoms with E-state index in [1.807, 2.05) is 4.90 Å². The molecule has 2 heterocycles. The normalized spacial score (nSPS) is 14.3. The smallest absolute Gasteiger partial charge is 0.406 e. The minimum Gasteiger partial charge on any atom is -0.406 e. The molecule has 38 heavy (non-hydrogen) atoms. The second-order valence-corrected chi connectivity index (χ2v) is 8.70. The van der Waals surface area contributed by atoms with Crippen molar-refractivity contribution in [1.29, 1.82) is 0 Å². The molecule has 2 N–H and O–H groups in total. The summed E-state index contributed by atoms with van der Waals surface area (Å²) in [6, 6.07) is 8.39. The van der Waals surface area contributed by atoms with Crippen LogP contribution in [-0.2, 0) is 16.1 Å². The van der Waals surface area contributed by atoms with E-state index in [-0.39, 0.29) is 36.0 Å². The van der Waals surface area contributed by atoms with Crippen LogP contribution in [0, 0.1) is 12.7 Å². The molecule has 1 saturated heterocycles. The van der Waals surface area contributed by atoms with Crippen LogP contribution in [0.2, 0.25) is 0 Å². The average Bonchev–Trinajstić information content (AvgIpc) is 2.87. The number of amides is 1. The standard InChI is InChI=1S/C25H26F4N6O3/c1-15-21(8-7-20(26)22(15)32-16(2)36)33-23-30-14-31-24(34-23)35-11-9-18(10-12-35)37-13-17-3-5-19(6-4-17)38-25(27,28)29/h3-8,14,18H,9-13H2,1-2H3,(H,32,36)(H,30,31,33,34). The molecule has 1 aliphatic heterocycles. The first-order valence-electron chi connectivity index (χ1n) is 11.8. The predicted molar refractivity (Wildman–Crippen MR) is 132 cm³/mol. The number of aromatic nitrogens is 3. The number of hydrogen-bond donors (Lipinski definition) is 2. The lowest BCUT2D eigenvalue weighted by atomic mass is 10.1. The zero-order chi connectivity index (χ0) is 27.3. The molecule has 2 aromatic carbocycles. The van der Waals surface area contributed by atoms with Crippen LogP contribution in [0.1, 0.15) is 30.9 Å². The van der Waals surface area contributed by atoms with Crippen LogP contribution >= 0.6 is 0 Å². The Bertz CT molecular complexity index is 1260. The van der Waals surface area contributed by atoms with E-state index in [0.29, 0.717) is 43.1 Å². The van der Waals surface area contributed by atoms with Gasteiger partial charge in [-0.25, -0.2) is 14.4 Å². The van der Waals surface area contributed by atoms with Crippen molar-refractivity contribution in [1.82, 2.24) is 15.0 Å². The van der Waals surface area contributed by atoms with E-state index in [4.69, 9.17) is 4.74 Å². The molecule has 0 radical (unpaired) electrons. The molecule has 3 aromatic rings. The van der Waals surface area contributed by atoms with Gasteiger partial charge in [0.15, 0.2) is 0 Å². The number of halogens is 4. The predicted octanol–water partition coefficient (Wildman–Crippen LogP) is 5.11. The SMILES string of the molecule is CC(=O)Nc1c(F)ccc(Nc2ncnc(N3CCC(OCc4ccc(OC(F)(F)F)cc4)CC3)n2)c1C. The lowest BCUT2D eigenvalue weighted by molar-refractivity contribution is -0.274. The van der Waals surface area contributed by atoms with E-state index in [9.17, 15) is 22.4 Å². The zero-order valence-electron chi connectivity index (χ0n) is 20.7. The van der Waals surface area contributed by atoms with E-state index in [1.165, 1.54) is 43.6 Å². The fourth-order valence-electron chi connectivity index (χ4n) is 3.99. The largest absolute Gasteiger partial charge is 0.573 e. The molecule has 1 fully saturated rings. The van der Waals surface area contributed by atoms with Crippen molar-refractivity contribution in [3.05, 3.63) is 59.7 Å². The summed E-state index contributed by atoms with van der Waals surface area (Å²) in [4.78, 5) is 26.3. The van der Waals surface area contributed by atoms with Gasteiger partial charge >= 0.3 is 6.36 Å². The highest BCUT2D eigenvalue weighted by Crippen LogP contribution is 2.29. The zero-order valence-corrected chi connectivity index (χ0v) is 20.7. The van der Waals surface area contributed by atoms with E-state index in [1.54, 1.807) is 13.0 Å². The molecule has 4 rings (SSSR count). The molecule has 1 aromatic heterocycles. The molecule has 202 valence electrons. The van der Waals surface area contributed by atoms with Crippen molar-refractivity contribution in [2.24, 2.45) is 0 Å². The van der Waals surface area contributed by atoms with Crippen molar-refractivity contribution in [3.8, 4) is 5.75 Å². The first-order chi connectivity index (χ1) is 18.1. The minimum atomic E-state index is -4.72. The molecule has 9 nitrogen and oxygen atoms in total. The Morgan fingerprint density at radius 3 is 2.47 bits per heavy atom. The van der Waals surface area contributed by atoms with Gasteiger partial charge in [-0.3, -0.25) is 4.79 Å². The molecule has 0 bridgehead atoms. The number of benzene rings is 2. The van der Waals surface area contributed by atoms with Gasteiger partial charge in [0.25, 0.3) is 0 Å². The highest BCUT2D eigenvalue weighted by Gasteiger charge is 2.31. The van der Waals surface area contributed by atoms with Gasteiger partial charge in [-0.05, 0) is 55.2 Å². The third-order valence-corrected chi connectivity index (χ3v) is 5.89. The number of nitrogens with zero attached hydrogens (tertiary/aromatic N) is 4. The number of piperidine rings is 1. The van der Waals surface area contributed by atoms with E-state index in [0.717, 1.165) is 5.56 Å². The van der Waals surface area contributed by atoms with Gasteiger partial charge in [-0.1, -0.05) is 12.1 Å². The number of nitrogens with one attached hydrogen (secondary N) is 2. The quantitative estimate of drug-likeness (QED) is 0.385. The molecular formula is C25H26F4N6O3. The lowest BCUT2D eigenvalue weighted by Gasteiger charge is -2.32. The van der Waals surface area contributed by atoms with Crippen LogP contribution in [0.15, 0.2) is 42.7 Å². The fraction of sp³-hybridized carbons (Fsp3) is 0.360. The minimum absolute atomic E-state index is 0.0224. The number of ether oxygens (including phenoxy) is 2. The molecule has 0 unspecified atom stereocenters. The summed E-state index contributed by atoms with van der Waals surface area (Å²) in [5, 5.41) is 5.55. The molecule has 0 aliphatic carbocycles. The van der Waals surface area contributed by atoms with E-state index in [2.05, 4.69) is 30.3 Å². The molecule has 13 heteroatoms. The molecule has 1 amide bonds. The number of alkyl halides is 3. The monoisotopic (exact) mass is 534 g/mol. The summed E-state index contributed by atoms with van der Waals surface area (Å²) in [6.45, 7) is 4.52. The summed E-state index contributed by atoms with van der Waals surface area (Å²) in [5.74, 6) is -0.453. The molecular weight excluding hydrogens is 508 g/mol. The summed E-state index contributed by atoms with van der Waals surface area (Å²) < 4.78 is 60.9. The Morgan fingerprint density at radius 1 is 1.11 bits per heavy atom. The van der Waals surface area contributed by atoms with Crippen LogP contribution in [0.5, 0.6) is 5.75 Å². The first-order valence-corrected chi connectivity index (χ1v) is 11.8. The Kier molecular flexibility index (Phi) is 8.25. The van der Waals surface area contributed by atoms with Gasteiger partial charge in [0.05, 0.1) is 18.4 Å². The maximum atomic E-state index is 14.1. The molecule has 0 spiro atoms. The number of anilines is 4. The van der Waals surface area contributed by atoms with Gasteiger partial charge in [-0.15, -0.1) is 13.2 Å². The number of carbonyl (C=O) groups excluding carboxylic acids is 1. The van der Waals surface area contributed by atoms with Gasteiger partial charge in [-0.2, -0.15) is 4.98 Å². The van der Waals surface area contributed by atoms with Gasteiger partial charge in [0.2, 0.25) is 17.8 Å². The van der Waals surface area contributed by atoms with Crippen molar-refractivity contribution >= 4 is 29.2 Å². The van der Waals surface area contributed by atoms with Crippen molar-refractivity contribution in [2.75, 3.05) is 28.6 Å². The highest BCUT2D eigenvalue weighted by molar-refractivity contribution is 5.91. The Morgan fingerprint density at radius 2 is 1.82 bits per heavy atom. The summed E-state index contributed by atoms with van der Waals surface area (Å²) in [5.41, 5.74) is 1.87. The second-order valence-electron chi connectivity index (χ2n) is 8.70. The fourth-order valence-corrected chi connectivity index (χ4v) is 3.99. The van der Waals surface area contributed by atoms with Gasteiger partial charge in [0.1, 0.15) is 17.9 Å². The Balaban J connectivity index is 1.31. The average molecular weight is 535 g/mol. The van der Waals surface area contributed by atoms with Crippen molar-refractivity contribution in [2.45, 2.75) is 45.8 Å². The van der Waals surface area contributed by atoms with Gasteiger partial charge in [0, 0.05) is 25.7 Å². The molecule has 0 atom stereocenters. The van der Waals surface area contributed by atoms with Crippen molar-refractivity contribution in [3.63, 3.8) is 0 Å². The van der Waals surface area contributed by atoms with Crippen LogP contribution in [0.4, 0.5) is 40.8 Å². The molecule has 1 aliphatic rings. The molecule has 0 saturated carbocycles. The summed E-state index contributed by atoms with van der Waals surface area (Å²) >= 11 is 0. The van der Waals surface area contributed by atoms with Crippen molar-refractivity contribution < 1.29 is 31.8 Å². The van der Waals surface area contributed by atoms with Crippen LogP contribution < -0.4 is 20.3 Å². The lowest BCUT2D eigenvalue weighted by Crippen LogP contribution is -2.38. The topological polar surface area (TPSA) is 102 Å². The third-order valence-electron chi connectivity index (χ3n) is 5.89. The van der Waals surface area contributed by atoms with E-state index >= 15 is 0 Å². The Hall–Kier alpha value is -4.00. The van der Waals surface area contributed by atoms with Gasteiger partial charge < -0.3 is 25.0 Å². The van der Waals surface area contributed by atoms with Crippen LogP contribution in [0.3, 0.4) is 0 Å². The number of hydrogen-bond acceptors (Lipinski definition) is 8. The Labute approximate surface area is 216 Å². The van der Waals surface area contributed by atoms with Crippen LogP contribution in [-0.4, -0.2) is 46.4 Å². The number of rotatable bonds is 8. The van der Waals surface area contributed by atoms with E-state index < -0.39 is 12.2 Å². The number of carbonyl (C=O) groups is 1. The third kappa shape index (κ3) is 7.28. The maximum absolute atomic E-state index is 14.1. The van der Waals surface area contributed by atoms with Crippen LogP contribution in [0.25, 0.3) is 0 Å². The maximum Gasteiger partial charge on any atom is 0.573 e. The second kappa shape index (κ2) is 11.6. The summed E-state index contributed by atoms with van der Waals surface area (Å²) in [6.07, 6.45) is -1.95. The highest BCUT2D eigenvalue weighted by atomic mass is 19.4. The first kappa shape index (κ1) is 27.0.